The van der Waals surface area contributed by atoms with Crippen molar-refractivity contribution in [3.05, 3.63) is 35.9 Å². The molecule has 22 heavy (non-hydrogen) atoms. The first-order valence-corrected chi connectivity index (χ1v) is 7.82. The van der Waals surface area contributed by atoms with Crippen molar-refractivity contribution in [2.75, 3.05) is 14.1 Å². The van der Waals surface area contributed by atoms with Crippen LogP contribution in [0.25, 0.3) is 0 Å². The van der Waals surface area contributed by atoms with E-state index in [2.05, 4.69) is 12.2 Å². The summed E-state index contributed by atoms with van der Waals surface area (Å²) >= 11 is 0. The topological polar surface area (TPSA) is 52.7 Å². The Labute approximate surface area is 132 Å². The fourth-order valence-electron chi connectivity index (χ4n) is 3.25. The number of likely N-dealkylation sites (N-methyl/N-ethyl adjacent to an activating group) is 1. The van der Waals surface area contributed by atoms with Crippen LogP contribution in [0.5, 0.6) is 0 Å². The minimum atomic E-state index is -0.964. The Morgan fingerprint density at radius 2 is 1.95 bits per heavy atom. The Bertz CT molecular complexity index is 546. The molecule has 2 atom stereocenters. The summed E-state index contributed by atoms with van der Waals surface area (Å²) in [6, 6.07) is 9.30. The Morgan fingerprint density at radius 1 is 1.32 bits per heavy atom. The molecule has 0 bridgehead atoms. The van der Waals surface area contributed by atoms with E-state index < -0.39 is 5.54 Å². The second-order valence-corrected chi connectivity index (χ2v) is 5.90. The van der Waals surface area contributed by atoms with Gasteiger partial charge >= 0.3 is 6.03 Å². The maximum absolute atomic E-state index is 12.9. The summed E-state index contributed by atoms with van der Waals surface area (Å²) in [5.74, 6) is -0.0385. The van der Waals surface area contributed by atoms with Gasteiger partial charge in [0.1, 0.15) is 11.7 Å². The SMILES string of the molecule is CCCCC1N(C)C(=O)C(C)(c2ccccc2)N1C(=O)NC. The number of rotatable bonds is 4. The summed E-state index contributed by atoms with van der Waals surface area (Å²) in [5, 5.41) is 2.69. The third kappa shape index (κ3) is 2.45. The second kappa shape index (κ2) is 6.38. The Balaban J connectivity index is 2.50. The van der Waals surface area contributed by atoms with Gasteiger partial charge in [-0.2, -0.15) is 0 Å². The lowest BCUT2D eigenvalue weighted by Gasteiger charge is -2.35. The van der Waals surface area contributed by atoms with Gasteiger partial charge in [0, 0.05) is 14.1 Å². The smallest absolute Gasteiger partial charge is 0.319 e. The van der Waals surface area contributed by atoms with E-state index in [1.807, 2.05) is 37.3 Å². The monoisotopic (exact) mass is 303 g/mol. The normalized spacial score (nSPS) is 24.7. The molecule has 3 amide bonds. The summed E-state index contributed by atoms with van der Waals surface area (Å²) in [4.78, 5) is 28.8. The first-order valence-electron chi connectivity index (χ1n) is 7.82. The predicted octanol–water partition coefficient (Wildman–Crippen LogP) is 2.53. The standard InChI is InChI=1S/C17H25N3O2/c1-5-6-12-14-19(4)15(21)17(2,20(14)16(22)18-3)13-10-8-7-9-11-13/h7-11,14H,5-6,12H2,1-4H3,(H,18,22). The highest BCUT2D eigenvalue weighted by Crippen LogP contribution is 2.40. The van der Waals surface area contributed by atoms with Crippen molar-refractivity contribution in [3.63, 3.8) is 0 Å². The minimum absolute atomic E-state index is 0.0385. The molecule has 0 aliphatic carbocycles. The number of hydrogen-bond donors (Lipinski definition) is 1. The lowest BCUT2D eigenvalue weighted by atomic mass is 9.90. The summed E-state index contributed by atoms with van der Waals surface area (Å²) in [6.07, 6.45) is 2.58. The Kier molecular flexibility index (Phi) is 4.74. The molecule has 0 spiro atoms. The molecule has 1 N–H and O–H groups in total. The van der Waals surface area contributed by atoms with E-state index in [4.69, 9.17) is 0 Å². The van der Waals surface area contributed by atoms with Crippen molar-refractivity contribution >= 4 is 11.9 Å². The molecule has 2 unspecified atom stereocenters. The van der Waals surface area contributed by atoms with E-state index in [-0.39, 0.29) is 18.1 Å². The number of hydrogen-bond acceptors (Lipinski definition) is 2. The second-order valence-electron chi connectivity index (χ2n) is 5.90. The zero-order valence-electron chi connectivity index (χ0n) is 13.8. The van der Waals surface area contributed by atoms with E-state index >= 15 is 0 Å². The van der Waals surface area contributed by atoms with Gasteiger partial charge in [0.15, 0.2) is 0 Å². The molecule has 0 saturated carbocycles. The largest absolute Gasteiger partial charge is 0.341 e. The van der Waals surface area contributed by atoms with Crippen LogP contribution in [-0.4, -0.2) is 42.0 Å². The molecular formula is C17H25N3O2. The molecule has 1 aromatic rings. The maximum Gasteiger partial charge on any atom is 0.319 e. The number of nitrogens with zero attached hydrogens (tertiary/aromatic N) is 2. The van der Waals surface area contributed by atoms with Gasteiger partial charge in [-0.15, -0.1) is 0 Å². The van der Waals surface area contributed by atoms with E-state index in [1.165, 1.54) is 0 Å². The zero-order valence-corrected chi connectivity index (χ0v) is 13.8. The zero-order chi connectivity index (χ0) is 16.3. The van der Waals surface area contributed by atoms with E-state index in [0.29, 0.717) is 0 Å². The van der Waals surface area contributed by atoms with Gasteiger partial charge in [0.2, 0.25) is 0 Å². The van der Waals surface area contributed by atoms with Crippen molar-refractivity contribution in [3.8, 4) is 0 Å². The number of nitrogens with one attached hydrogen (secondary N) is 1. The number of amides is 3. The van der Waals surface area contributed by atoms with Gasteiger partial charge in [-0.05, 0) is 25.3 Å². The molecule has 0 radical (unpaired) electrons. The highest BCUT2D eigenvalue weighted by Gasteiger charge is 2.55. The number of unbranched alkanes of at least 4 members (excludes halogenated alkanes) is 1. The van der Waals surface area contributed by atoms with Crippen LogP contribution in [0.15, 0.2) is 30.3 Å². The van der Waals surface area contributed by atoms with Gasteiger partial charge in [0.25, 0.3) is 5.91 Å². The number of urea groups is 1. The lowest BCUT2D eigenvalue weighted by molar-refractivity contribution is -0.132. The summed E-state index contributed by atoms with van der Waals surface area (Å²) < 4.78 is 0. The fourth-order valence-corrected chi connectivity index (χ4v) is 3.25. The van der Waals surface area contributed by atoms with Crippen molar-refractivity contribution in [1.29, 1.82) is 0 Å². The van der Waals surface area contributed by atoms with Crippen molar-refractivity contribution in [2.24, 2.45) is 0 Å². The summed E-state index contributed by atoms with van der Waals surface area (Å²) in [5.41, 5.74) is -0.122. The van der Waals surface area contributed by atoms with E-state index in [1.54, 1.807) is 23.9 Å². The molecule has 1 fully saturated rings. The fraction of sp³-hybridized carbons (Fsp3) is 0.529. The molecule has 5 heteroatoms. The third-order valence-electron chi connectivity index (χ3n) is 4.55. The van der Waals surface area contributed by atoms with Crippen LogP contribution >= 0.6 is 0 Å². The molecular weight excluding hydrogens is 278 g/mol. The van der Waals surface area contributed by atoms with E-state index in [0.717, 1.165) is 24.8 Å². The van der Waals surface area contributed by atoms with Crippen LogP contribution in [0.3, 0.4) is 0 Å². The summed E-state index contributed by atoms with van der Waals surface area (Å²) in [7, 11) is 3.39. The molecule has 1 aromatic carbocycles. The molecule has 1 saturated heterocycles. The predicted molar refractivity (Wildman–Crippen MR) is 86.2 cm³/mol. The van der Waals surface area contributed by atoms with Crippen LogP contribution in [0.1, 0.15) is 38.7 Å². The average Bonchev–Trinajstić information content (AvgIpc) is 2.75. The highest BCUT2D eigenvalue weighted by molar-refractivity contribution is 5.95. The van der Waals surface area contributed by atoms with Gasteiger partial charge in [-0.1, -0.05) is 43.7 Å². The first kappa shape index (κ1) is 16.3. The molecule has 5 nitrogen and oxygen atoms in total. The third-order valence-corrected chi connectivity index (χ3v) is 4.55. The van der Waals surface area contributed by atoms with Crippen LogP contribution in [-0.2, 0) is 10.3 Å². The van der Waals surface area contributed by atoms with Crippen molar-refractivity contribution in [1.82, 2.24) is 15.1 Å². The average molecular weight is 303 g/mol. The Hall–Kier alpha value is -2.04. The molecule has 120 valence electrons. The molecule has 1 aliphatic heterocycles. The van der Waals surface area contributed by atoms with Crippen LogP contribution < -0.4 is 5.32 Å². The van der Waals surface area contributed by atoms with Crippen LogP contribution in [0, 0.1) is 0 Å². The van der Waals surface area contributed by atoms with Gasteiger partial charge < -0.3 is 10.2 Å². The highest BCUT2D eigenvalue weighted by atomic mass is 16.2. The summed E-state index contributed by atoms with van der Waals surface area (Å²) in [6.45, 7) is 3.94. The quantitative estimate of drug-likeness (QED) is 0.929. The van der Waals surface area contributed by atoms with Gasteiger partial charge in [-0.3, -0.25) is 9.69 Å². The number of carbonyl (C=O) groups excluding carboxylic acids is 2. The van der Waals surface area contributed by atoms with Crippen LogP contribution in [0.2, 0.25) is 0 Å². The lowest BCUT2D eigenvalue weighted by Crippen LogP contribution is -2.52. The van der Waals surface area contributed by atoms with Crippen molar-refractivity contribution in [2.45, 2.75) is 44.8 Å². The Morgan fingerprint density at radius 3 is 2.50 bits per heavy atom. The molecule has 1 heterocycles. The van der Waals surface area contributed by atoms with E-state index in [9.17, 15) is 9.59 Å². The van der Waals surface area contributed by atoms with Crippen molar-refractivity contribution < 1.29 is 9.59 Å². The maximum atomic E-state index is 12.9. The number of carbonyl (C=O) groups is 2. The number of benzene rings is 1. The first-order chi connectivity index (χ1) is 10.5. The minimum Gasteiger partial charge on any atom is -0.341 e. The van der Waals surface area contributed by atoms with Gasteiger partial charge in [-0.25, -0.2) is 4.79 Å². The molecule has 0 aromatic heterocycles. The van der Waals surface area contributed by atoms with Crippen LogP contribution in [0.4, 0.5) is 4.79 Å². The molecule has 2 rings (SSSR count). The van der Waals surface area contributed by atoms with Gasteiger partial charge in [0.05, 0.1) is 0 Å². The molecule has 1 aliphatic rings.